The molecule has 172 valence electrons. The zero-order valence-electron chi connectivity index (χ0n) is 12.9. The van der Waals surface area contributed by atoms with E-state index in [0.717, 1.165) is 0 Å². The summed E-state index contributed by atoms with van der Waals surface area (Å²) in [7, 11) is -6.94. The number of rotatable bonds is 3. The normalized spacial score (nSPS) is 14.1. The predicted octanol–water partition coefficient (Wildman–Crippen LogP) is 3.86. The van der Waals surface area contributed by atoms with Gasteiger partial charge in [-0.15, -0.1) is 0 Å². The molecule has 0 spiro atoms. The van der Waals surface area contributed by atoms with Crippen LogP contribution in [0.5, 0.6) is 0 Å². The molecule has 1 amide bonds. The van der Waals surface area contributed by atoms with Crippen LogP contribution >= 0.6 is 0 Å². The van der Waals surface area contributed by atoms with E-state index in [1.807, 2.05) is 0 Å². The monoisotopic (exact) mass is 493 g/mol. The average molecular weight is 493 g/mol. The summed E-state index contributed by atoms with van der Waals surface area (Å²) in [6.07, 6.45) is -22.9. The van der Waals surface area contributed by atoms with Gasteiger partial charge in [-0.2, -0.15) is 39.5 Å². The quantitative estimate of drug-likeness (QED) is 0.396. The molecule has 0 radical (unpaired) electrons. The van der Waals surface area contributed by atoms with Crippen molar-refractivity contribution in [2.45, 2.75) is 23.4 Å². The Hall–Kier alpha value is -2.34. The summed E-state index contributed by atoms with van der Waals surface area (Å²) in [5, 5.41) is 0. The smallest absolute Gasteiger partial charge is 0.272 e. The van der Waals surface area contributed by atoms with E-state index in [-0.39, 0.29) is 0 Å². The summed E-state index contributed by atoms with van der Waals surface area (Å²) < 4.78 is 203. The maximum Gasteiger partial charge on any atom is 0.421 e. The second-order valence-electron chi connectivity index (χ2n) is 5.08. The van der Waals surface area contributed by atoms with Gasteiger partial charge in [0.15, 0.2) is 28.2 Å². The van der Waals surface area contributed by atoms with Crippen LogP contribution in [-0.2, 0) is 14.8 Å². The van der Waals surface area contributed by atoms with Crippen molar-refractivity contribution in [3.63, 3.8) is 0 Å². The van der Waals surface area contributed by atoms with Crippen LogP contribution in [0.3, 0.4) is 0 Å². The summed E-state index contributed by atoms with van der Waals surface area (Å²) in [4.78, 5) is 8.10. The van der Waals surface area contributed by atoms with Crippen molar-refractivity contribution in [2.24, 2.45) is 5.41 Å². The van der Waals surface area contributed by atoms with E-state index < -0.39 is 78.6 Å². The molecule has 0 unspecified atom stereocenters. The summed E-state index contributed by atoms with van der Waals surface area (Å²) >= 11 is 0. The minimum Gasteiger partial charge on any atom is -0.272 e. The predicted molar refractivity (Wildman–Crippen MR) is 62.2 cm³/mol. The zero-order valence-corrected chi connectivity index (χ0v) is 13.7. The van der Waals surface area contributed by atoms with E-state index in [1.54, 1.807) is 0 Å². The first kappa shape index (κ1) is 25.7. The van der Waals surface area contributed by atoms with E-state index in [1.165, 1.54) is 0 Å². The highest BCUT2D eigenvalue weighted by Gasteiger charge is 2.88. The Bertz CT molecular complexity index is 910. The zero-order chi connectivity index (χ0) is 24.2. The molecule has 0 aliphatic carbocycles. The summed E-state index contributed by atoms with van der Waals surface area (Å²) in [6, 6.07) is 0. The fourth-order valence-electron chi connectivity index (χ4n) is 1.94. The maximum absolute atomic E-state index is 13.4. The molecule has 1 rings (SSSR count). The van der Waals surface area contributed by atoms with Gasteiger partial charge in [0.2, 0.25) is 5.82 Å². The van der Waals surface area contributed by atoms with Crippen molar-refractivity contribution < 1.29 is 74.7 Å². The molecule has 0 fully saturated rings. The summed E-state index contributed by atoms with van der Waals surface area (Å²) in [6.45, 7) is 0. The number of nitrogens with one attached hydrogen (secondary N) is 1. The van der Waals surface area contributed by atoms with Crippen LogP contribution in [-0.4, -0.2) is 32.9 Å². The molecule has 0 aliphatic rings. The standard InChI is InChI=1S/C11HF14NO3S/c12-1-2(13)4(15)6(5(16)3(1)14)30(28,29)26-7(27)8(9(17,18)19,10(20,21)22)11(23,24)25/h(H,26,27). The van der Waals surface area contributed by atoms with Gasteiger partial charge >= 0.3 is 23.9 Å². The van der Waals surface area contributed by atoms with Gasteiger partial charge in [-0.25, -0.2) is 35.1 Å². The van der Waals surface area contributed by atoms with Crippen molar-refractivity contribution in [3.05, 3.63) is 29.1 Å². The van der Waals surface area contributed by atoms with Gasteiger partial charge in [-0.3, -0.25) is 4.79 Å². The average Bonchev–Trinajstić information content (AvgIpc) is 2.46. The SMILES string of the molecule is O=C(NS(=O)(=O)c1c(F)c(F)c(F)c(F)c1F)C(C(F)(F)F)(C(F)(F)F)C(F)(F)F. The lowest BCUT2D eigenvalue weighted by molar-refractivity contribution is -0.406. The molecule has 0 aliphatic heterocycles. The molecule has 1 aromatic carbocycles. The van der Waals surface area contributed by atoms with Crippen molar-refractivity contribution in [1.29, 1.82) is 0 Å². The molecular formula is C11HF14NO3S. The van der Waals surface area contributed by atoms with Crippen LogP contribution in [0.2, 0.25) is 0 Å². The highest BCUT2D eigenvalue weighted by Crippen LogP contribution is 2.59. The van der Waals surface area contributed by atoms with Gasteiger partial charge < -0.3 is 0 Å². The third-order valence-corrected chi connectivity index (χ3v) is 4.63. The Balaban J connectivity index is 3.83. The number of sulfonamides is 1. The van der Waals surface area contributed by atoms with Crippen molar-refractivity contribution in [2.75, 3.05) is 0 Å². The highest BCUT2D eigenvalue weighted by molar-refractivity contribution is 7.90. The lowest BCUT2D eigenvalue weighted by Crippen LogP contribution is -2.67. The molecule has 0 saturated heterocycles. The molecule has 0 atom stereocenters. The summed E-state index contributed by atoms with van der Waals surface area (Å²) in [5.41, 5.74) is -7.45. The molecule has 0 aromatic heterocycles. The number of carbonyl (C=O) groups is 1. The van der Waals surface area contributed by atoms with Gasteiger partial charge in [0.1, 0.15) is 0 Å². The minimum atomic E-state index is -7.63. The van der Waals surface area contributed by atoms with Crippen LogP contribution in [0.15, 0.2) is 4.90 Å². The highest BCUT2D eigenvalue weighted by atomic mass is 32.2. The molecule has 0 saturated carbocycles. The van der Waals surface area contributed by atoms with Gasteiger partial charge in [0.25, 0.3) is 15.9 Å². The number of hydrogen-bond donors (Lipinski definition) is 1. The minimum absolute atomic E-state index is 0.574. The Morgan fingerprint density at radius 3 is 1.13 bits per heavy atom. The van der Waals surface area contributed by atoms with Crippen molar-refractivity contribution in [3.8, 4) is 0 Å². The molecule has 30 heavy (non-hydrogen) atoms. The first-order chi connectivity index (χ1) is 13.1. The Morgan fingerprint density at radius 1 is 0.600 bits per heavy atom. The number of amides is 1. The number of hydrogen-bond acceptors (Lipinski definition) is 3. The van der Waals surface area contributed by atoms with E-state index >= 15 is 0 Å². The van der Waals surface area contributed by atoms with Crippen molar-refractivity contribution >= 4 is 15.9 Å². The third-order valence-electron chi connectivity index (χ3n) is 3.28. The first-order valence-corrected chi connectivity index (χ1v) is 7.82. The first-order valence-electron chi connectivity index (χ1n) is 6.34. The Kier molecular flexibility index (Phi) is 6.10. The van der Waals surface area contributed by atoms with Gasteiger partial charge in [-0.05, 0) is 0 Å². The largest absolute Gasteiger partial charge is 0.421 e. The molecule has 4 nitrogen and oxygen atoms in total. The Labute approximate surface area is 154 Å². The van der Waals surface area contributed by atoms with Gasteiger partial charge in [0, 0.05) is 0 Å². The van der Waals surface area contributed by atoms with Crippen molar-refractivity contribution in [1.82, 2.24) is 4.72 Å². The molecule has 19 heteroatoms. The van der Waals surface area contributed by atoms with Gasteiger partial charge in [0.05, 0.1) is 0 Å². The van der Waals surface area contributed by atoms with E-state index in [4.69, 9.17) is 0 Å². The third kappa shape index (κ3) is 3.62. The Morgan fingerprint density at radius 2 is 0.867 bits per heavy atom. The molecule has 0 heterocycles. The molecule has 1 N–H and O–H groups in total. The van der Waals surface area contributed by atoms with E-state index in [0.29, 0.717) is 0 Å². The number of alkyl halides is 9. The topological polar surface area (TPSA) is 63.2 Å². The number of benzene rings is 1. The second-order valence-corrected chi connectivity index (χ2v) is 6.70. The fourth-order valence-corrected chi connectivity index (χ4v) is 3.09. The van der Waals surface area contributed by atoms with Crippen LogP contribution in [0.1, 0.15) is 0 Å². The van der Waals surface area contributed by atoms with E-state index in [2.05, 4.69) is 0 Å². The molecular weight excluding hydrogens is 492 g/mol. The maximum atomic E-state index is 13.4. The summed E-state index contributed by atoms with van der Waals surface area (Å²) in [5.74, 6) is -20.5. The van der Waals surface area contributed by atoms with Gasteiger partial charge in [-0.1, -0.05) is 0 Å². The second kappa shape index (κ2) is 7.12. The fraction of sp³-hybridized carbons (Fsp3) is 0.364. The lowest BCUT2D eigenvalue weighted by Gasteiger charge is -2.36. The van der Waals surface area contributed by atoms with Crippen LogP contribution < -0.4 is 4.72 Å². The lowest BCUT2D eigenvalue weighted by atomic mass is 9.84. The van der Waals surface area contributed by atoms with Crippen LogP contribution in [0.4, 0.5) is 61.5 Å². The number of halogens is 14. The van der Waals surface area contributed by atoms with Crippen LogP contribution in [0.25, 0.3) is 0 Å². The van der Waals surface area contributed by atoms with Crippen LogP contribution in [0, 0.1) is 34.5 Å². The molecule has 1 aromatic rings. The molecule has 0 bridgehead atoms. The van der Waals surface area contributed by atoms with E-state index in [9.17, 15) is 74.7 Å². The number of carbonyl (C=O) groups excluding carboxylic acids is 1.